The summed E-state index contributed by atoms with van der Waals surface area (Å²) in [6.45, 7) is 0.271. The summed E-state index contributed by atoms with van der Waals surface area (Å²) in [4.78, 5) is 30.5. The van der Waals surface area contributed by atoms with Crippen LogP contribution < -0.4 is 15.0 Å². The Morgan fingerprint density at radius 1 is 1.10 bits per heavy atom. The quantitative estimate of drug-likeness (QED) is 0.709. The molecule has 1 aliphatic heterocycles. The summed E-state index contributed by atoms with van der Waals surface area (Å²) in [5.41, 5.74) is 0.856. The van der Waals surface area contributed by atoms with E-state index in [0.717, 1.165) is 31.1 Å². The van der Waals surface area contributed by atoms with E-state index in [2.05, 4.69) is 4.98 Å². The fourth-order valence-corrected chi connectivity index (χ4v) is 4.31. The van der Waals surface area contributed by atoms with Crippen molar-refractivity contribution in [1.29, 1.82) is 0 Å². The largest absolute Gasteiger partial charge is 0.454 e. The highest BCUT2D eigenvalue weighted by molar-refractivity contribution is 5.94. The van der Waals surface area contributed by atoms with Gasteiger partial charge < -0.3 is 19.4 Å². The van der Waals surface area contributed by atoms with E-state index in [9.17, 15) is 14.0 Å². The van der Waals surface area contributed by atoms with Crippen molar-refractivity contribution in [3.63, 3.8) is 0 Å². The zero-order valence-corrected chi connectivity index (χ0v) is 16.3. The molecule has 0 saturated heterocycles. The molecule has 1 fully saturated rings. The fraction of sp³-hybridized carbons (Fsp3) is 0.304. The maximum absolute atomic E-state index is 14.3. The first kappa shape index (κ1) is 18.7. The molecule has 6 nitrogen and oxygen atoms in total. The van der Waals surface area contributed by atoms with E-state index in [4.69, 9.17) is 9.47 Å². The molecule has 1 aliphatic carbocycles. The molecule has 0 atom stereocenters. The lowest BCUT2D eigenvalue weighted by atomic mass is 10.1. The van der Waals surface area contributed by atoms with Crippen molar-refractivity contribution < 1.29 is 18.7 Å². The average molecular weight is 408 g/mol. The Hall–Kier alpha value is -3.35. The Balaban J connectivity index is 1.53. The lowest BCUT2D eigenvalue weighted by Crippen LogP contribution is -2.40. The molecule has 2 aliphatic rings. The number of aromatic nitrogens is 1. The normalized spacial score (nSPS) is 15.6. The zero-order chi connectivity index (χ0) is 20.7. The Bertz CT molecular complexity index is 1180. The number of aromatic amines is 1. The van der Waals surface area contributed by atoms with Crippen molar-refractivity contribution in [2.24, 2.45) is 0 Å². The second kappa shape index (κ2) is 7.48. The number of amides is 1. The highest BCUT2D eigenvalue weighted by atomic mass is 19.1. The number of halogens is 1. The van der Waals surface area contributed by atoms with Crippen molar-refractivity contribution >= 4 is 16.8 Å². The molecule has 0 bridgehead atoms. The monoisotopic (exact) mass is 408 g/mol. The number of benzene rings is 2. The first-order valence-corrected chi connectivity index (χ1v) is 10.1. The topological polar surface area (TPSA) is 71.6 Å². The van der Waals surface area contributed by atoms with E-state index in [0.29, 0.717) is 22.6 Å². The number of fused-ring (bicyclic) bond motifs is 2. The predicted octanol–water partition coefficient (Wildman–Crippen LogP) is 3.98. The van der Waals surface area contributed by atoms with Gasteiger partial charge in [0.2, 0.25) is 6.79 Å². The number of nitrogens with one attached hydrogen (secondary N) is 1. The number of rotatable bonds is 4. The number of nitrogens with zero attached hydrogens (tertiary/aromatic N) is 1. The first-order chi connectivity index (χ1) is 14.6. The lowest BCUT2D eigenvalue weighted by Gasteiger charge is -2.29. The molecule has 3 aromatic rings. The highest BCUT2D eigenvalue weighted by Crippen LogP contribution is 2.35. The Morgan fingerprint density at radius 2 is 1.83 bits per heavy atom. The smallest absolute Gasteiger partial charge is 0.257 e. The molecule has 30 heavy (non-hydrogen) atoms. The van der Waals surface area contributed by atoms with Crippen LogP contribution in [0.25, 0.3) is 10.9 Å². The molecule has 154 valence electrons. The van der Waals surface area contributed by atoms with Crippen LogP contribution in [0.15, 0.2) is 47.3 Å². The van der Waals surface area contributed by atoms with Gasteiger partial charge in [-0.2, -0.15) is 0 Å². The Labute approximate surface area is 172 Å². The standard InChI is InChI=1S/C23H21FN2O4/c24-18-8-4-3-7-17(18)23(28)26(16-5-1-2-6-16)12-15-9-14-10-20-21(30-13-29-20)11-19(14)25-22(15)27/h3-4,7-11,16H,1-2,5-6,12-13H2,(H,25,27). The molecule has 7 heteroatoms. The van der Waals surface area contributed by atoms with E-state index in [1.165, 1.54) is 12.1 Å². The van der Waals surface area contributed by atoms with Gasteiger partial charge in [0.25, 0.3) is 11.5 Å². The molecular formula is C23H21FN2O4. The van der Waals surface area contributed by atoms with Crippen LogP contribution in [0.5, 0.6) is 11.5 Å². The second-order valence-corrected chi connectivity index (χ2v) is 7.77. The molecule has 0 spiro atoms. The number of carbonyl (C=O) groups is 1. The van der Waals surface area contributed by atoms with Crippen LogP contribution in [0.3, 0.4) is 0 Å². The van der Waals surface area contributed by atoms with Gasteiger partial charge in [-0.1, -0.05) is 25.0 Å². The van der Waals surface area contributed by atoms with Crippen molar-refractivity contribution in [2.45, 2.75) is 38.3 Å². The molecular weight excluding hydrogens is 387 g/mol. The van der Waals surface area contributed by atoms with Crippen LogP contribution in [-0.2, 0) is 6.54 Å². The van der Waals surface area contributed by atoms with Crippen molar-refractivity contribution in [3.05, 3.63) is 69.8 Å². The Kier molecular flexibility index (Phi) is 4.65. The summed E-state index contributed by atoms with van der Waals surface area (Å²) >= 11 is 0. The highest BCUT2D eigenvalue weighted by Gasteiger charge is 2.29. The number of pyridine rings is 1. The first-order valence-electron chi connectivity index (χ1n) is 10.1. The SMILES string of the molecule is O=C(c1ccccc1F)N(Cc1cc2cc3c(cc2[nH]c1=O)OCO3)C1CCCC1. The van der Waals surface area contributed by atoms with Gasteiger partial charge >= 0.3 is 0 Å². The fourth-order valence-electron chi connectivity index (χ4n) is 4.31. The maximum atomic E-state index is 14.3. The molecule has 1 saturated carbocycles. The molecule has 1 N–H and O–H groups in total. The summed E-state index contributed by atoms with van der Waals surface area (Å²) in [6.07, 6.45) is 3.74. The molecule has 0 radical (unpaired) electrons. The van der Waals surface area contributed by atoms with E-state index in [1.807, 2.05) is 6.07 Å². The van der Waals surface area contributed by atoms with Gasteiger partial charge in [-0.15, -0.1) is 0 Å². The van der Waals surface area contributed by atoms with E-state index in [-0.39, 0.29) is 36.4 Å². The van der Waals surface area contributed by atoms with Crippen molar-refractivity contribution in [1.82, 2.24) is 9.88 Å². The molecule has 0 unspecified atom stereocenters. The summed E-state index contributed by atoms with van der Waals surface area (Å²) in [6, 6.07) is 11.3. The Morgan fingerprint density at radius 3 is 2.60 bits per heavy atom. The van der Waals surface area contributed by atoms with Gasteiger partial charge in [0.15, 0.2) is 11.5 Å². The van der Waals surface area contributed by atoms with Gasteiger partial charge in [0.1, 0.15) is 5.82 Å². The summed E-state index contributed by atoms with van der Waals surface area (Å²) in [5, 5.41) is 0.790. The van der Waals surface area contributed by atoms with Crippen LogP contribution >= 0.6 is 0 Å². The van der Waals surface area contributed by atoms with Gasteiger partial charge in [-0.05, 0) is 37.1 Å². The number of ether oxygens (including phenoxy) is 2. The third-order valence-electron chi connectivity index (χ3n) is 5.89. The number of hydrogen-bond donors (Lipinski definition) is 1. The third kappa shape index (κ3) is 3.30. The minimum atomic E-state index is -0.550. The third-order valence-corrected chi connectivity index (χ3v) is 5.89. The number of hydrogen-bond acceptors (Lipinski definition) is 4. The van der Waals surface area contributed by atoms with E-state index >= 15 is 0 Å². The summed E-state index contributed by atoms with van der Waals surface area (Å²) < 4.78 is 25.1. The zero-order valence-electron chi connectivity index (χ0n) is 16.3. The molecule has 2 heterocycles. The molecule has 5 rings (SSSR count). The van der Waals surface area contributed by atoms with Gasteiger partial charge in [-0.3, -0.25) is 9.59 Å². The van der Waals surface area contributed by atoms with Gasteiger partial charge in [-0.25, -0.2) is 4.39 Å². The molecule has 1 amide bonds. The van der Waals surface area contributed by atoms with Crippen LogP contribution in [-0.4, -0.2) is 28.6 Å². The van der Waals surface area contributed by atoms with E-state index in [1.54, 1.807) is 29.2 Å². The summed E-state index contributed by atoms with van der Waals surface area (Å²) in [7, 11) is 0. The number of H-pyrrole nitrogens is 1. The number of carbonyl (C=O) groups excluding carboxylic acids is 1. The van der Waals surface area contributed by atoms with Gasteiger partial charge in [0, 0.05) is 23.1 Å². The lowest BCUT2D eigenvalue weighted by molar-refractivity contribution is 0.0659. The van der Waals surface area contributed by atoms with Crippen LogP contribution in [0.4, 0.5) is 4.39 Å². The average Bonchev–Trinajstić information content (AvgIpc) is 3.42. The second-order valence-electron chi connectivity index (χ2n) is 7.77. The predicted molar refractivity (Wildman–Crippen MR) is 109 cm³/mol. The van der Waals surface area contributed by atoms with Gasteiger partial charge in [0.05, 0.1) is 17.6 Å². The minimum Gasteiger partial charge on any atom is -0.454 e. The molecule has 2 aromatic carbocycles. The van der Waals surface area contributed by atoms with Crippen molar-refractivity contribution in [2.75, 3.05) is 6.79 Å². The molecule has 1 aromatic heterocycles. The maximum Gasteiger partial charge on any atom is 0.257 e. The minimum absolute atomic E-state index is 0.0102. The van der Waals surface area contributed by atoms with Crippen LogP contribution in [0, 0.1) is 5.82 Å². The van der Waals surface area contributed by atoms with E-state index < -0.39 is 5.82 Å². The summed E-state index contributed by atoms with van der Waals surface area (Å²) in [5.74, 6) is 0.277. The van der Waals surface area contributed by atoms with Crippen LogP contribution in [0.2, 0.25) is 0 Å². The van der Waals surface area contributed by atoms with Crippen LogP contribution in [0.1, 0.15) is 41.6 Å². The van der Waals surface area contributed by atoms with Crippen molar-refractivity contribution in [3.8, 4) is 11.5 Å².